The third-order valence-electron chi connectivity index (χ3n) is 4.05. The molecule has 1 aromatic heterocycles. The number of methoxy groups -OCH3 is 1. The molecule has 1 aromatic carbocycles. The third-order valence-corrected chi connectivity index (χ3v) is 4.05. The lowest BCUT2D eigenvalue weighted by molar-refractivity contribution is 0.0769. The molecule has 0 N–H and O–H groups in total. The van der Waals surface area contributed by atoms with Gasteiger partial charge in [0.2, 0.25) is 0 Å². The van der Waals surface area contributed by atoms with Gasteiger partial charge in [-0.15, -0.1) is 0 Å². The Hall–Kier alpha value is -2.61. The van der Waals surface area contributed by atoms with Crippen molar-refractivity contribution in [2.24, 2.45) is 0 Å². The standard InChI is InChI=1S/C17H22N4O4/c1-3-24-17(22)21-9-7-20(8-10-21)12-15-18-16(25-19-15)13-5-4-6-14(11-13)23-2/h4-6,11H,3,7-10,12H2,1-2H3. The fourth-order valence-corrected chi connectivity index (χ4v) is 2.69. The summed E-state index contributed by atoms with van der Waals surface area (Å²) in [5, 5.41) is 4.05. The largest absolute Gasteiger partial charge is 0.497 e. The monoisotopic (exact) mass is 346 g/mol. The van der Waals surface area contributed by atoms with Crippen molar-refractivity contribution in [2.75, 3.05) is 39.9 Å². The fourth-order valence-electron chi connectivity index (χ4n) is 2.69. The molecule has 2 aromatic rings. The zero-order chi connectivity index (χ0) is 17.6. The molecule has 8 heteroatoms. The average molecular weight is 346 g/mol. The molecule has 1 amide bonds. The average Bonchev–Trinajstić information content (AvgIpc) is 3.11. The van der Waals surface area contributed by atoms with E-state index in [1.807, 2.05) is 31.2 Å². The third kappa shape index (κ3) is 4.27. The van der Waals surface area contributed by atoms with Gasteiger partial charge in [0.1, 0.15) is 5.75 Å². The van der Waals surface area contributed by atoms with Crippen LogP contribution in [0.3, 0.4) is 0 Å². The molecule has 1 fully saturated rings. The minimum absolute atomic E-state index is 0.248. The van der Waals surface area contributed by atoms with Crippen molar-refractivity contribution in [1.82, 2.24) is 19.9 Å². The van der Waals surface area contributed by atoms with E-state index in [1.165, 1.54) is 0 Å². The van der Waals surface area contributed by atoms with Crippen LogP contribution in [0.25, 0.3) is 11.5 Å². The molecular weight excluding hydrogens is 324 g/mol. The maximum Gasteiger partial charge on any atom is 0.409 e. The Kier molecular flexibility index (Phi) is 5.49. The number of hydrogen-bond acceptors (Lipinski definition) is 7. The Balaban J connectivity index is 1.56. The number of rotatable bonds is 5. The lowest BCUT2D eigenvalue weighted by Gasteiger charge is -2.33. The smallest absolute Gasteiger partial charge is 0.409 e. The number of hydrogen-bond donors (Lipinski definition) is 0. The summed E-state index contributed by atoms with van der Waals surface area (Å²) < 4.78 is 15.6. The summed E-state index contributed by atoms with van der Waals surface area (Å²) in [6, 6.07) is 7.50. The molecule has 0 spiro atoms. The van der Waals surface area contributed by atoms with Gasteiger partial charge in [-0.1, -0.05) is 11.2 Å². The first-order valence-electron chi connectivity index (χ1n) is 8.30. The summed E-state index contributed by atoms with van der Waals surface area (Å²) in [6.07, 6.45) is -0.248. The van der Waals surface area contributed by atoms with Gasteiger partial charge in [-0.25, -0.2) is 4.79 Å². The second-order valence-corrected chi connectivity index (χ2v) is 5.71. The van der Waals surface area contributed by atoms with Gasteiger partial charge in [0.05, 0.1) is 20.3 Å². The Morgan fingerprint density at radius 1 is 1.28 bits per heavy atom. The van der Waals surface area contributed by atoms with Crippen molar-refractivity contribution in [3.8, 4) is 17.2 Å². The van der Waals surface area contributed by atoms with Crippen LogP contribution in [0.5, 0.6) is 5.75 Å². The molecule has 2 heterocycles. The quantitative estimate of drug-likeness (QED) is 0.819. The maximum atomic E-state index is 11.7. The van der Waals surface area contributed by atoms with E-state index in [9.17, 15) is 4.79 Å². The van der Waals surface area contributed by atoms with Gasteiger partial charge in [-0.3, -0.25) is 4.90 Å². The zero-order valence-corrected chi connectivity index (χ0v) is 14.5. The van der Waals surface area contributed by atoms with Crippen LogP contribution in [0.1, 0.15) is 12.7 Å². The molecule has 0 unspecified atom stereocenters. The van der Waals surface area contributed by atoms with Gasteiger partial charge in [0.25, 0.3) is 5.89 Å². The van der Waals surface area contributed by atoms with Crippen molar-refractivity contribution in [3.63, 3.8) is 0 Å². The van der Waals surface area contributed by atoms with Gasteiger partial charge in [-0.05, 0) is 25.1 Å². The highest BCUT2D eigenvalue weighted by Crippen LogP contribution is 2.22. The Labute approximate surface area is 146 Å². The van der Waals surface area contributed by atoms with Crippen molar-refractivity contribution < 1.29 is 18.8 Å². The molecule has 8 nitrogen and oxygen atoms in total. The topological polar surface area (TPSA) is 80.9 Å². The van der Waals surface area contributed by atoms with Crippen LogP contribution >= 0.6 is 0 Å². The number of benzene rings is 1. The lowest BCUT2D eigenvalue weighted by atomic mass is 10.2. The minimum Gasteiger partial charge on any atom is -0.497 e. The first kappa shape index (κ1) is 17.2. The normalized spacial score (nSPS) is 15.2. The van der Waals surface area contributed by atoms with Crippen molar-refractivity contribution in [2.45, 2.75) is 13.5 Å². The van der Waals surface area contributed by atoms with Crippen LogP contribution < -0.4 is 4.74 Å². The minimum atomic E-state index is -0.248. The summed E-state index contributed by atoms with van der Waals surface area (Å²) in [4.78, 5) is 20.1. The van der Waals surface area contributed by atoms with E-state index in [0.29, 0.717) is 38.0 Å². The molecule has 134 valence electrons. The number of nitrogens with zero attached hydrogens (tertiary/aromatic N) is 4. The van der Waals surface area contributed by atoms with Crippen molar-refractivity contribution >= 4 is 6.09 Å². The van der Waals surface area contributed by atoms with E-state index < -0.39 is 0 Å². The van der Waals surface area contributed by atoms with Crippen LogP contribution in [-0.4, -0.2) is 65.9 Å². The van der Waals surface area contributed by atoms with Crippen LogP contribution in [0.2, 0.25) is 0 Å². The summed E-state index contributed by atoms with van der Waals surface area (Å²) >= 11 is 0. The second kappa shape index (κ2) is 7.98. The molecule has 1 aliphatic heterocycles. The van der Waals surface area contributed by atoms with Gasteiger partial charge < -0.3 is 18.9 Å². The molecule has 0 aliphatic carbocycles. The van der Waals surface area contributed by atoms with Gasteiger partial charge in [0, 0.05) is 31.7 Å². The molecule has 0 radical (unpaired) electrons. The van der Waals surface area contributed by atoms with Crippen molar-refractivity contribution in [1.29, 1.82) is 0 Å². The van der Waals surface area contributed by atoms with Gasteiger partial charge in [-0.2, -0.15) is 4.98 Å². The van der Waals surface area contributed by atoms with E-state index in [0.717, 1.165) is 24.4 Å². The first-order chi connectivity index (χ1) is 12.2. The summed E-state index contributed by atoms with van der Waals surface area (Å²) in [5.74, 6) is 1.84. The molecule has 1 aliphatic rings. The lowest BCUT2D eigenvalue weighted by Crippen LogP contribution is -2.48. The highest BCUT2D eigenvalue weighted by molar-refractivity contribution is 5.67. The zero-order valence-electron chi connectivity index (χ0n) is 14.5. The van der Waals surface area contributed by atoms with E-state index in [-0.39, 0.29) is 6.09 Å². The number of piperazine rings is 1. The van der Waals surface area contributed by atoms with E-state index in [1.54, 1.807) is 12.0 Å². The SMILES string of the molecule is CCOC(=O)N1CCN(Cc2noc(-c3cccc(OC)c3)n2)CC1. The van der Waals surface area contributed by atoms with Gasteiger partial charge >= 0.3 is 6.09 Å². The number of ether oxygens (including phenoxy) is 2. The highest BCUT2D eigenvalue weighted by Gasteiger charge is 2.23. The molecule has 0 atom stereocenters. The van der Waals surface area contributed by atoms with Crippen LogP contribution in [0, 0.1) is 0 Å². The summed E-state index contributed by atoms with van der Waals surface area (Å²) in [6.45, 7) is 5.58. The molecular formula is C17H22N4O4. The van der Waals surface area contributed by atoms with Crippen molar-refractivity contribution in [3.05, 3.63) is 30.1 Å². The molecule has 0 saturated carbocycles. The summed E-state index contributed by atoms with van der Waals surface area (Å²) in [7, 11) is 1.62. The Morgan fingerprint density at radius 3 is 2.80 bits per heavy atom. The first-order valence-corrected chi connectivity index (χ1v) is 8.30. The van der Waals surface area contributed by atoms with E-state index in [4.69, 9.17) is 14.0 Å². The van der Waals surface area contributed by atoms with Gasteiger partial charge in [0.15, 0.2) is 5.82 Å². The van der Waals surface area contributed by atoms with E-state index in [2.05, 4.69) is 15.0 Å². The molecule has 1 saturated heterocycles. The molecule has 3 rings (SSSR count). The van der Waals surface area contributed by atoms with Crippen LogP contribution in [-0.2, 0) is 11.3 Å². The number of aromatic nitrogens is 2. The second-order valence-electron chi connectivity index (χ2n) is 5.71. The summed E-state index contributed by atoms with van der Waals surface area (Å²) in [5.41, 5.74) is 0.824. The highest BCUT2D eigenvalue weighted by atomic mass is 16.6. The Morgan fingerprint density at radius 2 is 2.08 bits per heavy atom. The number of carbonyl (C=O) groups excluding carboxylic acids is 1. The Bertz CT molecular complexity index is 710. The maximum absolute atomic E-state index is 11.7. The predicted octanol–water partition coefficient (Wildman–Crippen LogP) is 2.02. The van der Waals surface area contributed by atoms with Crippen LogP contribution in [0.4, 0.5) is 4.79 Å². The molecule has 25 heavy (non-hydrogen) atoms. The van der Waals surface area contributed by atoms with E-state index >= 15 is 0 Å². The predicted molar refractivity (Wildman–Crippen MR) is 90.2 cm³/mol. The fraction of sp³-hybridized carbons (Fsp3) is 0.471. The number of amides is 1. The molecule has 0 bridgehead atoms. The number of carbonyl (C=O) groups is 1. The van der Waals surface area contributed by atoms with Crippen LogP contribution in [0.15, 0.2) is 28.8 Å².